The van der Waals surface area contributed by atoms with Crippen LogP contribution >= 0.6 is 0 Å². The lowest BCUT2D eigenvalue weighted by Crippen LogP contribution is -2.28. The van der Waals surface area contributed by atoms with Crippen molar-refractivity contribution in [2.75, 3.05) is 24.6 Å². The van der Waals surface area contributed by atoms with E-state index in [4.69, 9.17) is 10.8 Å². The van der Waals surface area contributed by atoms with Gasteiger partial charge in [-0.1, -0.05) is 6.08 Å². The van der Waals surface area contributed by atoms with E-state index >= 15 is 0 Å². The largest absolute Gasteiger partial charge is 0.395 e. The Morgan fingerprint density at radius 2 is 2.29 bits per heavy atom. The van der Waals surface area contributed by atoms with Gasteiger partial charge in [0.1, 0.15) is 5.82 Å². The zero-order valence-electron chi connectivity index (χ0n) is 10.1. The highest BCUT2D eigenvalue weighted by Gasteiger charge is 2.13. The molecule has 1 rings (SSSR count). The average Bonchev–Trinajstić information content (AvgIpc) is 2.28. The first-order chi connectivity index (χ1) is 8.10. The molecule has 1 unspecified atom stereocenters. The van der Waals surface area contributed by atoms with Crippen molar-refractivity contribution in [2.24, 2.45) is 5.73 Å². The van der Waals surface area contributed by atoms with Crippen LogP contribution in [0.5, 0.6) is 0 Å². The molecule has 3 N–H and O–H groups in total. The maximum Gasteiger partial charge on any atom is 0.123 e. The summed E-state index contributed by atoms with van der Waals surface area (Å²) in [5.74, 6) is -0.302. The molecule has 0 spiro atoms. The molecule has 0 fully saturated rings. The Balaban J connectivity index is 3.11. The Morgan fingerprint density at radius 3 is 2.82 bits per heavy atom. The van der Waals surface area contributed by atoms with Crippen molar-refractivity contribution in [3.05, 3.63) is 42.2 Å². The lowest BCUT2D eigenvalue weighted by Gasteiger charge is -2.26. The number of rotatable bonds is 6. The molecule has 17 heavy (non-hydrogen) atoms. The highest BCUT2D eigenvalue weighted by molar-refractivity contribution is 5.55. The maximum atomic E-state index is 13.2. The molecule has 0 radical (unpaired) electrons. The summed E-state index contributed by atoms with van der Waals surface area (Å²) in [5, 5.41) is 9.03. The Morgan fingerprint density at radius 1 is 1.59 bits per heavy atom. The first kappa shape index (κ1) is 13.7. The highest BCUT2D eigenvalue weighted by atomic mass is 19.1. The summed E-state index contributed by atoms with van der Waals surface area (Å²) < 4.78 is 13.2. The quantitative estimate of drug-likeness (QED) is 0.743. The van der Waals surface area contributed by atoms with Gasteiger partial charge in [0.05, 0.1) is 6.61 Å². The fourth-order valence-electron chi connectivity index (χ4n) is 1.76. The van der Waals surface area contributed by atoms with Gasteiger partial charge in [-0.3, -0.25) is 0 Å². The number of benzene rings is 1. The van der Waals surface area contributed by atoms with Crippen molar-refractivity contribution >= 4 is 5.69 Å². The molecule has 0 aliphatic heterocycles. The minimum Gasteiger partial charge on any atom is -0.395 e. The van der Waals surface area contributed by atoms with Gasteiger partial charge in [-0.15, -0.1) is 6.58 Å². The molecule has 0 aliphatic carbocycles. The van der Waals surface area contributed by atoms with Crippen LogP contribution < -0.4 is 10.6 Å². The van der Waals surface area contributed by atoms with Crippen molar-refractivity contribution < 1.29 is 9.50 Å². The van der Waals surface area contributed by atoms with Gasteiger partial charge in [-0.25, -0.2) is 4.39 Å². The van der Waals surface area contributed by atoms with Gasteiger partial charge in [-0.2, -0.15) is 0 Å². The molecule has 1 aromatic carbocycles. The molecule has 4 heteroatoms. The molecular weight excluding hydrogens is 219 g/mol. The predicted octanol–water partition coefficient (Wildman–Crippen LogP) is 1.83. The fourth-order valence-corrected chi connectivity index (χ4v) is 1.76. The summed E-state index contributed by atoms with van der Waals surface area (Å²) in [6.07, 6.45) is 1.74. The molecule has 94 valence electrons. The minimum atomic E-state index is -0.302. The predicted molar refractivity (Wildman–Crippen MR) is 68.5 cm³/mol. The molecule has 0 aliphatic rings. The van der Waals surface area contributed by atoms with Crippen LogP contribution in [0.25, 0.3) is 0 Å². The number of aliphatic hydroxyl groups is 1. The molecule has 0 bridgehead atoms. The Labute approximate surface area is 101 Å². The second-order valence-corrected chi connectivity index (χ2v) is 3.95. The minimum absolute atomic E-state index is 0.0314. The standard InChI is InChI=1S/C13H19FN2O/c1-3-6-16(7-8-17)13-5-4-11(14)9-12(13)10(2)15/h3-5,9-10,17H,1,6-8,15H2,2H3. The van der Waals surface area contributed by atoms with E-state index < -0.39 is 0 Å². The van der Waals surface area contributed by atoms with Crippen molar-refractivity contribution in [1.82, 2.24) is 0 Å². The van der Waals surface area contributed by atoms with E-state index in [0.717, 1.165) is 11.3 Å². The van der Waals surface area contributed by atoms with Crippen LogP contribution in [-0.2, 0) is 0 Å². The van der Waals surface area contributed by atoms with E-state index in [0.29, 0.717) is 13.1 Å². The summed E-state index contributed by atoms with van der Waals surface area (Å²) in [6.45, 7) is 6.57. The number of hydrogen-bond donors (Lipinski definition) is 2. The van der Waals surface area contributed by atoms with Gasteiger partial charge >= 0.3 is 0 Å². The Hall–Kier alpha value is -1.39. The molecule has 0 aromatic heterocycles. The Bertz CT molecular complexity index is 380. The lowest BCUT2D eigenvalue weighted by atomic mass is 10.1. The third-order valence-corrected chi connectivity index (χ3v) is 2.54. The van der Waals surface area contributed by atoms with E-state index in [1.54, 1.807) is 12.1 Å². The van der Waals surface area contributed by atoms with Gasteiger partial charge in [0, 0.05) is 24.8 Å². The number of hydrogen-bond acceptors (Lipinski definition) is 3. The number of anilines is 1. The highest BCUT2D eigenvalue weighted by Crippen LogP contribution is 2.26. The molecule has 0 saturated carbocycles. The van der Waals surface area contributed by atoms with Gasteiger partial charge < -0.3 is 15.7 Å². The number of nitrogens with zero attached hydrogens (tertiary/aromatic N) is 1. The molecular formula is C13H19FN2O. The van der Waals surface area contributed by atoms with E-state index in [1.807, 2.05) is 11.8 Å². The summed E-state index contributed by atoms with van der Waals surface area (Å²) in [6, 6.07) is 4.27. The second-order valence-electron chi connectivity index (χ2n) is 3.95. The first-order valence-corrected chi connectivity index (χ1v) is 5.62. The van der Waals surface area contributed by atoms with Crippen LogP contribution in [0.3, 0.4) is 0 Å². The summed E-state index contributed by atoms with van der Waals surface area (Å²) in [7, 11) is 0. The molecule has 1 atom stereocenters. The summed E-state index contributed by atoms with van der Waals surface area (Å²) >= 11 is 0. The van der Waals surface area contributed by atoms with Crippen molar-refractivity contribution in [1.29, 1.82) is 0 Å². The summed E-state index contributed by atoms with van der Waals surface area (Å²) in [5.41, 5.74) is 7.41. The third-order valence-electron chi connectivity index (χ3n) is 2.54. The second kappa shape index (κ2) is 6.37. The molecule has 0 amide bonds. The molecule has 1 aromatic rings. The molecule has 3 nitrogen and oxygen atoms in total. The third kappa shape index (κ3) is 3.54. The monoisotopic (exact) mass is 238 g/mol. The maximum absolute atomic E-state index is 13.2. The van der Waals surface area contributed by atoms with E-state index in [9.17, 15) is 4.39 Å². The molecule has 0 saturated heterocycles. The number of nitrogens with two attached hydrogens (primary N) is 1. The zero-order chi connectivity index (χ0) is 12.8. The summed E-state index contributed by atoms with van der Waals surface area (Å²) in [4.78, 5) is 1.92. The normalized spacial score (nSPS) is 12.2. The van der Waals surface area contributed by atoms with Crippen LogP contribution in [0.15, 0.2) is 30.9 Å². The van der Waals surface area contributed by atoms with Gasteiger partial charge in [-0.05, 0) is 30.7 Å². The number of halogens is 1. The SMILES string of the molecule is C=CCN(CCO)c1ccc(F)cc1C(C)N. The van der Waals surface area contributed by atoms with Crippen LogP contribution in [0.1, 0.15) is 18.5 Å². The van der Waals surface area contributed by atoms with Crippen molar-refractivity contribution in [3.8, 4) is 0 Å². The van der Waals surface area contributed by atoms with Crippen molar-refractivity contribution in [3.63, 3.8) is 0 Å². The van der Waals surface area contributed by atoms with Crippen molar-refractivity contribution in [2.45, 2.75) is 13.0 Å². The Kier molecular flexibility index (Phi) is 5.12. The van der Waals surface area contributed by atoms with Gasteiger partial charge in [0.2, 0.25) is 0 Å². The van der Waals surface area contributed by atoms with Crippen LogP contribution in [0.4, 0.5) is 10.1 Å². The van der Waals surface area contributed by atoms with Gasteiger partial charge in [0.25, 0.3) is 0 Å². The zero-order valence-corrected chi connectivity index (χ0v) is 10.1. The van der Waals surface area contributed by atoms with Gasteiger partial charge in [0.15, 0.2) is 0 Å². The fraction of sp³-hybridized carbons (Fsp3) is 0.385. The van der Waals surface area contributed by atoms with E-state index in [2.05, 4.69) is 6.58 Å². The van der Waals surface area contributed by atoms with E-state index in [1.165, 1.54) is 12.1 Å². The molecule has 0 heterocycles. The smallest absolute Gasteiger partial charge is 0.123 e. The van der Waals surface area contributed by atoms with E-state index in [-0.39, 0.29) is 18.5 Å². The van der Waals surface area contributed by atoms with Crippen LogP contribution in [-0.4, -0.2) is 24.8 Å². The number of aliphatic hydroxyl groups excluding tert-OH is 1. The van der Waals surface area contributed by atoms with Crippen LogP contribution in [0.2, 0.25) is 0 Å². The topological polar surface area (TPSA) is 49.5 Å². The lowest BCUT2D eigenvalue weighted by molar-refractivity contribution is 0.303. The van der Waals surface area contributed by atoms with Crippen LogP contribution in [0, 0.1) is 5.82 Å². The average molecular weight is 238 g/mol. The first-order valence-electron chi connectivity index (χ1n) is 5.62.